The molecule has 2 rings (SSSR count). The average Bonchev–Trinajstić information content (AvgIpc) is 2.77. The van der Waals surface area contributed by atoms with Crippen LogP contribution in [0.1, 0.15) is 43.3 Å². The van der Waals surface area contributed by atoms with Crippen LogP contribution in [0, 0.1) is 5.41 Å². The van der Waals surface area contributed by atoms with E-state index in [9.17, 15) is 4.79 Å². The van der Waals surface area contributed by atoms with E-state index in [4.69, 9.17) is 11.5 Å². The zero-order chi connectivity index (χ0) is 15.6. The molecule has 6 nitrogen and oxygen atoms in total. The third kappa shape index (κ3) is 4.31. The first kappa shape index (κ1) is 16.0. The van der Waals surface area contributed by atoms with Gasteiger partial charge in [0.2, 0.25) is 0 Å². The number of thiazole rings is 1. The summed E-state index contributed by atoms with van der Waals surface area (Å²) >= 11 is 1.35. The van der Waals surface area contributed by atoms with Crippen LogP contribution in [0.25, 0.3) is 0 Å². The lowest BCUT2D eigenvalue weighted by molar-refractivity contribution is 0.0944. The summed E-state index contributed by atoms with van der Waals surface area (Å²) in [5, 5.41) is 3.71. The van der Waals surface area contributed by atoms with Crippen molar-refractivity contribution in [1.29, 1.82) is 0 Å². The molecule has 1 aromatic heterocycles. The van der Waals surface area contributed by atoms with Gasteiger partial charge in [0, 0.05) is 25.7 Å². The van der Waals surface area contributed by atoms with Crippen molar-refractivity contribution in [2.45, 2.75) is 39.7 Å². The van der Waals surface area contributed by atoms with Crippen LogP contribution in [0.2, 0.25) is 0 Å². The number of anilines is 2. The van der Waals surface area contributed by atoms with Crippen molar-refractivity contribution in [1.82, 2.24) is 10.3 Å². The number of amides is 1. The van der Waals surface area contributed by atoms with Crippen molar-refractivity contribution >= 4 is 28.2 Å². The van der Waals surface area contributed by atoms with E-state index in [2.05, 4.69) is 36.0 Å². The number of rotatable bonds is 3. The lowest BCUT2D eigenvalue weighted by atomic mass is 9.97. The predicted molar refractivity (Wildman–Crippen MR) is 87.7 cm³/mol. The largest absolute Gasteiger partial charge is 0.382 e. The highest BCUT2D eigenvalue weighted by Crippen LogP contribution is 2.30. The van der Waals surface area contributed by atoms with Crippen LogP contribution in [0.3, 0.4) is 0 Å². The van der Waals surface area contributed by atoms with E-state index >= 15 is 0 Å². The Kier molecular flexibility index (Phi) is 4.73. The van der Waals surface area contributed by atoms with E-state index in [0.717, 1.165) is 31.1 Å². The number of nitrogens with two attached hydrogens (primary N) is 2. The molecule has 0 bridgehead atoms. The molecule has 1 unspecified atom stereocenters. The Bertz CT molecular complexity index is 508. The zero-order valence-electron chi connectivity index (χ0n) is 13.0. The minimum Gasteiger partial charge on any atom is -0.382 e. The molecular weight excluding hydrogens is 286 g/mol. The van der Waals surface area contributed by atoms with Crippen molar-refractivity contribution in [3.05, 3.63) is 4.88 Å². The number of hydrogen-bond donors (Lipinski definition) is 3. The summed E-state index contributed by atoms with van der Waals surface area (Å²) < 4.78 is 0. The Morgan fingerprint density at radius 2 is 2.24 bits per heavy atom. The summed E-state index contributed by atoms with van der Waals surface area (Å²) in [5.41, 5.74) is 11.9. The fourth-order valence-corrected chi connectivity index (χ4v) is 3.16. The normalized spacial score (nSPS) is 19.6. The third-order valence-corrected chi connectivity index (χ3v) is 4.49. The first-order valence-electron chi connectivity index (χ1n) is 7.31. The molecule has 0 radical (unpaired) electrons. The molecule has 21 heavy (non-hydrogen) atoms. The van der Waals surface area contributed by atoms with E-state index in [-0.39, 0.29) is 17.4 Å². The van der Waals surface area contributed by atoms with E-state index < -0.39 is 0 Å². The molecule has 1 aliphatic rings. The van der Waals surface area contributed by atoms with E-state index in [1.165, 1.54) is 11.3 Å². The highest BCUT2D eigenvalue weighted by molar-refractivity contribution is 7.18. The van der Waals surface area contributed by atoms with Gasteiger partial charge in [-0.05, 0) is 18.3 Å². The van der Waals surface area contributed by atoms with Crippen LogP contribution in [-0.4, -0.2) is 36.6 Å². The molecule has 2 heterocycles. The van der Waals surface area contributed by atoms with Gasteiger partial charge in [-0.2, -0.15) is 0 Å². The monoisotopic (exact) mass is 311 g/mol. The molecule has 118 valence electrons. The minimum atomic E-state index is -0.146. The van der Waals surface area contributed by atoms with Gasteiger partial charge in [-0.25, -0.2) is 4.98 Å². The lowest BCUT2D eigenvalue weighted by Gasteiger charge is -2.30. The fraction of sp³-hybridized carbons (Fsp3) is 0.714. The van der Waals surface area contributed by atoms with Gasteiger partial charge < -0.3 is 21.7 Å². The van der Waals surface area contributed by atoms with Crippen molar-refractivity contribution in [2.24, 2.45) is 11.1 Å². The van der Waals surface area contributed by atoms with Crippen molar-refractivity contribution in [2.75, 3.05) is 30.3 Å². The summed E-state index contributed by atoms with van der Waals surface area (Å²) in [6.45, 7) is 8.52. The predicted octanol–water partition coefficient (Wildman–Crippen LogP) is 1.43. The number of carbonyl (C=O) groups is 1. The van der Waals surface area contributed by atoms with Gasteiger partial charge in [-0.15, -0.1) is 0 Å². The van der Waals surface area contributed by atoms with E-state index in [0.29, 0.717) is 17.2 Å². The molecule has 1 aromatic rings. The van der Waals surface area contributed by atoms with Gasteiger partial charge >= 0.3 is 0 Å². The van der Waals surface area contributed by atoms with Gasteiger partial charge in [0.15, 0.2) is 5.13 Å². The summed E-state index contributed by atoms with van der Waals surface area (Å²) in [7, 11) is 0. The van der Waals surface area contributed by atoms with Gasteiger partial charge in [0.25, 0.3) is 5.91 Å². The Labute approximate surface area is 129 Å². The second-order valence-corrected chi connectivity index (χ2v) is 7.78. The number of piperidine rings is 1. The van der Waals surface area contributed by atoms with Crippen molar-refractivity contribution < 1.29 is 4.79 Å². The maximum absolute atomic E-state index is 12.2. The van der Waals surface area contributed by atoms with Crippen LogP contribution in [0.4, 0.5) is 10.9 Å². The Morgan fingerprint density at radius 1 is 1.52 bits per heavy atom. The summed E-state index contributed by atoms with van der Waals surface area (Å²) in [5.74, 6) is 0.160. The molecular formula is C14H25N5OS. The Hall–Kier alpha value is -1.34. The van der Waals surface area contributed by atoms with Gasteiger partial charge in [0.05, 0.1) is 0 Å². The second-order valence-electron chi connectivity index (χ2n) is 6.80. The summed E-state index contributed by atoms with van der Waals surface area (Å²) in [4.78, 5) is 19.2. The van der Waals surface area contributed by atoms with Crippen LogP contribution in [-0.2, 0) is 0 Å². The van der Waals surface area contributed by atoms with Crippen molar-refractivity contribution in [3.8, 4) is 0 Å². The SMILES string of the molecule is CC(C)(C)CNC(=O)c1sc(N2CCCC(N)C2)nc1N. The number of aromatic nitrogens is 1. The highest BCUT2D eigenvalue weighted by atomic mass is 32.1. The molecule has 0 saturated carbocycles. The zero-order valence-corrected chi connectivity index (χ0v) is 13.8. The van der Waals surface area contributed by atoms with Gasteiger partial charge in [-0.3, -0.25) is 4.79 Å². The highest BCUT2D eigenvalue weighted by Gasteiger charge is 2.24. The fourth-order valence-electron chi connectivity index (χ4n) is 2.23. The quantitative estimate of drug-likeness (QED) is 0.784. The number of nitrogen functional groups attached to an aromatic ring is 1. The minimum absolute atomic E-state index is 0.0393. The van der Waals surface area contributed by atoms with Crippen LogP contribution >= 0.6 is 11.3 Å². The number of carbonyl (C=O) groups excluding carboxylic acids is 1. The number of nitrogens with one attached hydrogen (secondary N) is 1. The average molecular weight is 311 g/mol. The maximum atomic E-state index is 12.2. The summed E-state index contributed by atoms with van der Waals surface area (Å²) in [6.07, 6.45) is 2.09. The standard InChI is InChI=1S/C14H25N5OS/c1-14(2,3)8-17-12(20)10-11(16)18-13(21-10)19-6-4-5-9(15)7-19/h9H,4-8,15-16H2,1-3H3,(H,17,20). The van der Waals surface area contributed by atoms with Gasteiger partial charge in [-0.1, -0.05) is 32.1 Å². The van der Waals surface area contributed by atoms with Crippen LogP contribution in [0.5, 0.6) is 0 Å². The van der Waals surface area contributed by atoms with E-state index in [1.807, 2.05) is 0 Å². The Balaban J connectivity index is 2.06. The molecule has 1 saturated heterocycles. The number of hydrogen-bond acceptors (Lipinski definition) is 6. The van der Waals surface area contributed by atoms with Crippen LogP contribution < -0.4 is 21.7 Å². The molecule has 1 atom stereocenters. The van der Waals surface area contributed by atoms with Gasteiger partial charge in [0.1, 0.15) is 10.7 Å². The first-order chi connectivity index (χ1) is 9.76. The molecule has 5 N–H and O–H groups in total. The Morgan fingerprint density at radius 3 is 2.86 bits per heavy atom. The summed E-state index contributed by atoms with van der Waals surface area (Å²) in [6, 6.07) is 0.169. The molecule has 1 fully saturated rings. The lowest BCUT2D eigenvalue weighted by Crippen LogP contribution is -2.42. The molecule has 1 amide bonds. The second kappa shape index (κ2) is 6.19. The maximum Gasteiger partial charge on any atom is 0.265 e. The smallest absolute Gasteiger partial charge is 0.265 e. The molecule has 0 aromatic carbocycles. The number of nitrogens with zero attached hydrogens (tertiary/aromatic N) is 2. The molecule has 7 heteroatoms. The molecule has 0 aliphatic carbocycles. The molecule has 0 spiro atoms. The molecule has 1 aliphatic heterocycles. The third-order valence-electron chi connectivity index (χ3n) is 3.36. The van der Waals surface area contributed by atoms with E-state index in [1.54, 1.807) is 0 Å². The first-order valence-corrected chi connectivity index (χ1v) is 8.13. The van der Waals surface area contributed by atoms with Crippen LogP contribution in [0.15, 0.2) is 0 Å². The topological polar surface area (TPSA) is 97.3 Å². The van der Waals surface area contributed by atoms with Crippen molar-refractivity contribution in [3.63, 3.8) is 0 Å².